The largest absolute Gasteiger partial charge is 0.356 e. The SMILES string of the molecule is CCC[C@H]1CC(=O)C[C@]2(O1)C(=O)Nc1ccc(Br)cc12. The fraction of sp³-hybridized carbons (Fsp3) is 0.467. The normalized spacial score (nSPS) is 28.6. The molecule has 2 aliphatic heterocycles. The average molecular weight is 338 g/mol. The summed E-state index contributed by atoms with van der Waals surface area (Å²) in [5.41, 5.74) is 0.378. The topological polar surface area (TPSA) is 55.4 Å². The van der Waals surface area contributed by atoms with Crippen molar-refractivity contribution in [2.45, 2.75) is 44.3 Å². The number of rotatable bonds is 2. The summed E-state index contributed by atoms with van der Waals surface area (Å²) in [7, 11) is 0. The van der Waals surface area contributed by atoms with Crippen LogP contribution in [-0.4, -0.2) is 17.8 Å². The maximum absolute atomic E-state index is 12.4. The van der Waals surface area contributed by atoms with Gasteiger partial charge in [0.05, 0.1) is 6.10 Å². The molecule has 3 rings (SSSR count). The van der Waals surface area contributed by atoms with Crippen molar-refractivity contribution in [3.05, 3.63) is 28.2 Å². The summed E-state index contributed by atoms with van der Waals surface area (Å²) in [6, 6.07) is 5.57. The Hall–Kier alpha value is -1.20. The molecule has 2 heterocycles. The van der Waals surface area contributed by atoms with Gasteiger partial charge in [-0.15, -0.1) is 0 Å². The highest BCUT2D eigenvalue weighted by Gasteiger charge is 2.53. The van der Waals surface area contributed by atoms with Crippen molar-refractivity contribution in [1.82, 2.24) is 0 Å². The molecule has 2 atom stereocenters. The summed E-state index contributed by atoms with van der Waals surface area (Å²) in [6.45, 7) is 2.05. The van der Waals surface area contributed by atoms with E-state index in [-0.39, 0.29) is 24.2 Å². The average Bonchev–Trinajstić information content (AvgIpc) is 2.63. The molecule has 0 unspecified atom stereocenters. The van der Waals surface area contributed by atoms with Crippen LogP contribution in [0.25, 0.3) is 0 Å². The van der Waals surface area contributed by atoms with Gasteiger partial charge in [0.2, 0.25) is 0 Å². The van der Waals surface area contributed by atoms with E-state index < -0.39 is 5.60 Å². The van der Waals surface area contributed by atoms with Crippen molar-refractivity contribution in [2.75, 3.05) is 5.32 Å². The summed E-state index contributed by atoms with van der Waals surface area (Å²) in [5, 5.41) is 2.83. The lowest BCUT2D eigenvalue weighted by Gasteiger charge is -2.36. The molecule has 1 fully saturated rings. The highest BCUT2D eigenvalue weighted by Crippen LogP contribution is 2.46. The molecule has 0 aliphatic carbocycles. The second-order valence-corrected chi connectivity index (χ2v) is 6.33. The van der Waals surface area contributed by atoms with Crippen LogP contribution in [0.4, 0.5) is 5.69 Å². The van der Waals surface area contributed by atoms with Gasteiger partial charge in [-0.1, -0.05) is 29.3 Å². The quantitative estimate of drug-likeness (QED) is 0.901. The number of hydrogen-bond acceptors (Lipinski definition) is 3. The van der Waals surface area contributed by atoms with E-state index in [1.807, 2.05) is 25.1 Å². The van der Waals surface area contributed by atoms with Crippen molar-refractivity contribution >= 4 is 33.3 Å². The molecule has 0 radical (unpaired) electrons. The third-order valence-corrected chi connectivity index (χ3v) is 4.40. The number of carbonyl (C=O) groups is 2. The molecule has 0 bridgehead atoms. The second-order valence-electron chi connectivity index (χ2n) is 5.42. The number of benzene rings is 1. The fourth-order valence-corrected chi connectivity index (χ4v) is 3.41. The minimum atomic E-state index is -1.13. The van der Waals surface area contributed by atoms with Crippen LogP contribution in [0.2, 0.25) is 0 Å². The highest BCUT2D eigenvalue weighted by molar-refractivity contribution is 9.10. The Labute approximate surface area is 126 Å². The number of amides is 1. The molecular formula is C15H16BrNO3. The van der Waals surface area contributed by atoms with Crippen LogP contribution in [0.15, 0.2) is 22.7 Å². The number of nitrogens with one attached hydrogen (secondary N) is 1. The van der Waals surface area contributed by atoms with Crippen molar-refractivity contribution in [3.63, 3.8) is 0 Å². The van der Waals surface area contributed by atoms with E-state index in [0.717, 1.165) is 28.6 Å². The zero-order chi connectivity index (χ0) is 14.3. The van der Waals surface area contributed by atoms with E-state index in [0.29, 0.717) is 6.42 Å². The Kier molecular flexibility index (Phi) is 3.42. The van der Waals surface area contributed by atoms with E-state index in [4.69, 9.17) is 4.74 Å². The van der Waals surface area contributed by atoms with E-state index in [9.17, 15) is 9.59 Å². The number of fused-ring (bicyclic) bond motifs is 2. The Morgan fingerprint density at radius 1 is 1.45 bits per heavy atom. The van der Waals surface area contributed by atoms with Gasteiger partial charge in [0.15, 0.2) is 5.60 Å². The molecule has 1 aromatic rings. The van der Waals surface area contributed by atoms with Crippen LogP contribution in [-0.2, 0) is 19.9 Å². The molecular weight excluding hydrogens is 322 g/mol. The first-order valence-corrected chi connectivity index (χ1v) is 7.65. The molecule has 1 aromatic carbocycles. The molecule has 1 saturated heterocycles. The summed E-state index contributed by atoms with van der Waals surface area (Å²) < 4.78 is 6.96. The van der Waals surface area contributed by atoms with Gasteiger partial charge in [-0.05, 0) is 24.6 Å². The summed E-state index contributed by atoms with van der Waals surface area (Å²) in [6.07, 6.45) is 2.09. The van der Waals surface area contributed by atoms with E-state index in [1.54, 1.807) is 0 Å². The van der Waals surface area contributed by atoms with Crippen molar-refractivity contribution in [3.8, 4) is 0 Å². The van der Waals surface area contributed by atoms with Crippen molar-refractivity contribution < 1.29 is 14.3 Å². The van der Waals surface area contributed by atoms with Gasteiger partial charge >= 0.3 is 0 Å². The third kappa shape index (κ3) is 2.09. The van der Waals surface area contributed by atoms with E-state index in [1.165, 1.54) is 0 Å². The molecule has 1 amide bonds. The predicted molar refractivity (Wildman–Crippen MR) is 78.5 cm³/mol. The first-order valence-electron chi connectivity index (χ1n) is 6.86. The molecule has 0 aromatic heterocycles. The molecule has 1 spiro atoms. The Morgan fingerprint density at radius 3 is 3.00 bits per heavy atom. The molecule has 5 heteroatoms. The van der Waals surface area contributed by atoms with Crippen LogP contribution >= 0.6 is 15.9 Å². The third-order valence-electron chi connectivity index (χ3n) is 3.91. The zero-order valence-corrected chi connectivity index (χ0v) is 12.8. The van der Waals surface area contributed by atoms with Gasteiger partial charge in [-0.2, -0.15) is 0 Å². The van der Waals surface area contributed by atoms with Crippen LogP contribution < -0.4 is 5.32 Å². The number of ketones is 1. The minimum Gasteiger partial charge on any atom is -0.356 e. The standard InChI is InChI=1S/C15H16BrNO3/c1-2-3-11-7-10(18)8-15(20-11)12-6-9(16)4-5-13(12)17-14(15)19/h4-6,11H,2-3,7-8H2,1H3,(H,17,19)/t11-,15+/m0/s1. The number of ether oxygens (including phenoxy) is 1. The van der Waals surface area contributed by atoms with Crippen LogP contribution in [0.1, 0.15) is 38.2 Å². The van der Waals surface area contributed by atoms with Gasteiger partial charge in [-0.25, -0.2) is 0 Å². The number of anilines is 1. The van der Waals surface area contributed by atoms with E-state index in [2.05, 4.69) is 21.2 Å². The van der Waals surface area contributed by atoms with Crippen LogP contribution in [0, 0.1) is 0 Å². The molecule has 2 aliphatic rings. The maximum atomic E-state index is 12.4. The predicted octanol–water partition coefficient (Wildman–Crippen LogP) is 3.14. The molecule has 1 N–H and O–H groups in total. The lowest BCUT2D eigenvalue weighted by atomic mass is 9.84. The van der Waals surface area contributed by atoms with Gasteiger partial charge in [0.25, 0.3) is 5.91 Å². The van der Waals surface area contributed by atoms with Crippen LogP contribution in [0.3, 0.4) is 0 Å². The smallest absolute Gasteiger partial charge is 0.261 e. The fourth-order valence-electron chi connectivity index (χ4n) is 3.05. The van der Waals surface area contributed by atoms with E-state index >= 15 is 0 Å². The Morgan fingerprint density at radius 2 is 2.25 bits per heavy atom. The second kappa shape index (κ2) is 4.97. The number of carbonyl (C=O) groups excluding carboxylic acids is 2. The maximum Gasteiger partial charge on any atom is 0.261 e. The van der Waals surface area contributed by atoms with Crippen molar-refractivity contribution in [2.24, 2.45) is 0 Å². The highest BCUT2D eigenvalue weighted by atomic mass is 79.9. The lowest BCUT2D eigenvalue weighted by molar-refractivity contribution is -0.170. The molecule has 20 heavy (non-hydrogen) atoms. The van der Waals surface area contributed by atoms with Gasteiger partial charge in [0.1, 0.15) is 5.78 Å². The van der Waals surface area contributed by atoms with Gasteiger partial charge in [-0.3, -0.25) is 9.59 Å². The molecule has 106 valence electrons. The minimum absolute atomic E-state index is 0.0951. The number of halogens is 1. The van der Waals surface area contributed by atoms with Crippen LogP contribution in [0.5, 0.6) is 0 Å². The first-order chi connectivity index (χ1) is 9.55. The monoisotopic (exact) mass is 337 g/mol. The summed E-state index contributed by atoms with van der Waals surface area (Å²) >= 11 is 3.42. The summed E-state index contributed by atoms with van der Waals surface area (Å²) in [4.78, 5) is 24.5. The van der Waals surface area contributed by atoms with Crippen molar-refractivity contribution in [1.29, 1.82) is 0 Å². The number of Topliss-reactive ketones (excluding diaryl/α,β-unsaturated/α-hetero) is 1. The van der Waals surface area contributed by atoms with Gasteiger partial charge < -0.3 is 10.1 Å². The van der Waals surface area contributed by atoms with Gasteiger partial charge in [0, 0.05) is 28.6 Å². The zero-order valence-electron chi connectivity index (χ0n) is 11.2. The Bertz CT molecular complexity index is 586. The molecule has 4 nitrogen and oxygen atoms in total. The lowest BCUT2D eigenvalue weighted by Crippen LogP contribution is -2.47. The molecule has 0 saturated carbocycles. The summed E-state index contributed by atoms with van der Waals surface area (Å²) in [5.74, 6) is -0.127. The Balaban J connectivity index is 2.05. The first kappa shape index (κ1) is 13.8. The number of hydrogen-bond donors (Lipinski definition) is 1.